The Hall–Kier alpha value is -2.82. The van der Waals surface area contributed by atoms with Crippen LogP contribution in [0.15, 0.2) is 48.5 Å². The number of anilines is 3. The Morgan fingerprint density at radius 3 is 2.15 bits per heavy atom. The molecule has 1 aliphatic carbocycles. The van der Waals surface area contributed by atoms with Crippen LogP contribution in [0.25, 0.3) is 0 Å². The van der Waals surface area contributed by atoms with Gasteiger partial charge in [-0.15, -0.1) is 0 Å². The van der Waals surface area contributed by atoms with Crippen LogP contribution in [-0.4, -0.2) is 17.9 Å². The largest absolute Gasteiger partial charge is 0.374 e. The van der Waals surface area contributed by atoms with Crippen LogP contribution >= 0.6 is 0 Å². The molecule has 5 nitrogen and oxygen atoms in total. The molecule has 1 atom stereocenters. The SMILES string of the molecule is CC(C)c1ccccc1NC(=O)[C@H](C)Nc1ccc(NC(=O)C2CC2)cc1. The third kappa shape index (κ3) is 5.09. The second-order valence-corrected chi connectivity index (χ2v) is 7.44. The Morgan fingerprint density at radius 2 is 1.52 bits per heavy atom. The zero-order valence-electron chi connectivity index (χ0n) is 16.1. The highest BCUT2D eigenvalue weighted by Gasteiger charge is 2.29. The minimum atomic E-state index is -0.392. The number of rotatable bonds is 7. The van der Waals surface area contributed by atoms with Gasteiger partial charge >= 0.3 is 0 Å². The predicted molar refractivity (Wildman–Crippen MR) is 110 cm³/mol. The maximum Gasteiger partial charge on any atom is 0.246 e. The fourth-order valence-corrected chi connectivity index (χ4v) is 2.91. The van der Waals surface area contributed by atoms with E-state index in [9.17, 15) is 9.59 Å². The van der Waals surface area contributed by atoms with Gasteiger partial charge in [0.05, 0.1) is 0 Å². The Balaban J connectivity index is 1.57. The quantitative estimate of drug-likeness (QED) is 0.672. The molecule has 142 valence electrons. The van der Waals surface area contributed by atoms with Crippen LogP contribution in [0.1, 0.15) is 45.1 Å². The molecule has 0 aliphatic heterocycles. The first-order valence-electron chi connectivity index (χ1n) is 9.51. The molecule has 0 bridgehead atoms. The summed E-state index contributed by atoms with van der Waals surface area (Å²) < 4.78 is 0. The van der Waals surface area contributed by atoms with Crippen molar-refractivity contribution in [1.29, 1.82) is 0 Å². The van der Waals surface area contributed by atoms with Gasteiger partial charge in [0.25, 0.3) is 0 Å². The van der Waals surface area contributed by atoms with Crippen LogP contribution in [0.4, 0.5) is 17.1 Å². The predicted octanol–water partition coefficient (Wildman–Crippen LogP) is 4.60. The molecule has 2 amide bonds. The molecule has 3 rings (SSSR count). The summed E-state index contributed by atoms with van der Waals surface area (Å²) in [5, 5.41) is 9.12. The summed E-state index contributed by atoms with van der Waals surface area (Å²) in [7, 11) is 0. The van der Waals surface area contributed by atoms with Crippen molar-refractivity contribution in [3.8, 4) is 0 Å². The zero-order valence-corrected chi connectivity index (χ0v) is 16.1. The van der Waals surface area contributed by atoms with E-state index in [1.54, 1.807) is 0 Å². The van der Waals surface area contributed by atoms with Crippen LogP contribution in [0.2, 0.25) is 0 Å². The smallest absolute Gasteiger partial charge is 0.246 e. The number of carbonyl (C=O) groups excluding carboxylic acids is 2. The zero-order chi connectivity index (χ0) is 19.4. The summed E-state index contributed by atoms with van der Waals surface area (Å²) in [6, 6.07) is 14.9. The summed E-state index contributed by atoms with van der Waals surface area (Å²) in [6.07, 6.45) is 1.97. The molecule has 1 aliphatic rings. The summed E-state index contributed by atoms with van der Waals surface area (Å²) in [6.45, 7) is 6.04. The third-order valence-corrected chi connectivity index (χ3v) is 4.72. The molecule has 0 saturated heterocycles. The summed E-state index contributed by atoms with van der Waals surface area (Å²) >= 11 is 0. The lowest BCUT2D eigenvalue weighted by molar-refractivity contribution is -0.117. The highest BCUT2D eigenvalue weighted by molar-refractivity contribution is 5.97. The maximum absolute atomic E-state index is 12.6. The molecule has 5 heteroatoms. The molecule has 3 N–H and O–H groups in total. The summed E-state index contributed by atoms with van der Waals surface area (Å²) in [4.78, 5) is 24.4. The number of carbonyl (C=O) groups is 2. The van der Waals surface area contributed by atoms with Gasteiger partial charge in [-0.2, -0.15) is 0 Å². The van der Waals surface area contributed by atoms with Gasteiger partial charge in [0.15, 0.2) is 0 Å². The molecule has 1 saturated carbocycles. The van der Waals surface area contributed by atoms with Crippen LogP contribution in [-0.2, 0) is 9.59 Å². The van der Waals surface area contributed by atoms with Gasteiger partial charge in [0.2, 0.25) is 11.8 Å². The van der Waals surface area contributed by atoms with E-state index in [-0.39, 0.29) is 17.7 Å². The van der Waals surface area contributed by atoms with Gasteiger partial charge < -0.3 is 16.0 Å². The van der Waals surface area contributed by atoms with Gasteiger partial charge in [-0.3, -0.25) is 9.59 Å². The van der Waals surface area contributed by atoms with Gasteiger partial charge in [-0.25, -0.2) is 0 Å². The van der Waals surface area contributed by atoms with E-state index in [0.29, 0.717) is 5.92 Å². The second-order valence-electron chi connectivity index (χ2n) is 7.44. The van der Waals surface area contributed by atoms with Crippen LogP contribution in [0.3, 0.4) is 0 Å². The summed E-state index contributed by atoms with van der Waals surface area (Å²) in [5.41, 5.74) is 3.58. The first-order chi connectivity index (χ1) is 12.9. The van der Waals surface area contributed by atoms with E-state index < -0.39 is 6.04 Å². The second kappa shape index (κ2) is 8.25. The highest BCUT2D eigenvalue weighted by Crippen LogP contribution is 2.30. The molecule has 0 spiro atoms. The molecule has 0 aromatic heterocycles. The van der Waals surface area contributed by atoms with E-state index in [0.717, 1.165) is 35.5 Å². The van der Waals surface area contributed by atoms with Gasteiger partial charge in [-0.1, -0.05) is 32.0 Å². The number of benzene rings is 2. The molecular weight excluding hydrogens is 338 g/mol. The number of para-hydroxylation sites is 1. The van der Waals surface area contributed by atoms with Crippen molar-refractivity contribution in [2.75, 3.05) is 16.0 Å². The minimum Gasteiger partial charge on any atom is -0.374 e. The fourth-order valence-electron chi connectivity index (χ4n) is 2.91. The number of hydrogen-bond donors (Lipinski definition) is 3. The normalized spacial score (nSPS) is 14.5. The van der Waals surface area contributed by atoms with Crippen molar-refractivity contribution in [3.05, 3.63) is 54.1 Å². The monoisotopic (exact) mass is 365 g/mol. The number of hydrogen-bond acceptors (Lipinski definition) is 3. The molecule has 2 aromatic carbocycles. The number of amides is 2. The maximum atomic E-state index is 12.6. The number of nitrogens with one attached hydrogen (secondary N) is 3. The van der Waals surface area contributed by atoms with Gasteiger partial charge in [0, 0.05) is 23.0 Å². The first-order valence-corrected chi connectivity index (χ1v) is 9.51. The summed E-state index contributed by atoms with van der Waals surface area (Å²) in [5.74, 6) is 0.518. The van der Waals surface area contributed by atoms with Crippen LogP contribution in [0, 0.1) is 5.92 Å². The molecule has 27 heavy (non-hydrogen) atoms. The Morgan fingerprint density at radius 1 is 0.889 bits per heavy atom. The van der Waals surface area contributed by atoms with Gasteiger partial charge in [-0.05, 0) is 61.6 Å². The van der Waals surface area contributed by atoms with E-state index in [4.69, 9.17) is 0 Å². The standard InChI is InChI=1S/C22H27N3O2/c1-14(2)19-6-4-5-7-20(19)25-21(26)15(3)23-17-10-12-18(13-11-17)24-22(27)16-8-9-16/h4-7,10-16,23H,8-9H2,1-3H3,(H,24,27)(H,25,26)/t15-/m0/s1. The lowest BCUT2D eigenvalue weighted by Gasteiger charge is -2.18. The lowest BCUT2D eigenvalue weighted by Crippen LogP contribution is -2.32. The Labute approximate surface area is 160 Å². The van der Waals surface area contributed by atoms with E-state index in [1.165, 1.54) is 0 Å². The average molecular weight is 365 g/mol. The Kier molecular flexibility index (Phi) is 5.79. The minimum absolute atomic E-state index is 0.0887. The van der Waals surface area contributed by atoms with E-state index >= 15 is 0 Å². The van der Waals surface area contributed by atoms with Crippen LogP contribution < -0.4 is 16.0 Å². The molecule has 0 unspecified atom stereocenters. The Bertz CT molecular complexity index is 811. The van der Waals surface area contributed by atoms with Crippen molar-refractivity contribution in [2.45, 2.75) is 45.6 Å². The molecule has 2 aromatic rings. The highest BCUT2D eigenvalue weighted by atomic mass is 16.2. The van der Waals surface area contributed by atoms with Crippen molar-refractivity contribution >= 4 is 28.9 Å². The van der Waals surface area contributed by atoms with Crippen LogP contribution in [0.5, 0.6) is 0 Å². The molecule has 0 radical (unpaired) electrons. The third-order valence-electron chi connectivity index (χ3n) is 4.72. The first kappa shape index (κ1) is 19.0. The molecular formula is C22H27N3O2. The van der Waals surface area contributed by atoms with E-state index in [1.807, 2.05) is 55.5 Å². The van der Waals surface area contributed by atoms with Gasteiger partial charge in [0.1, 0.15) is 6.04 Å². The van der Waals surface area contributed by atoms with Crippen molar-refractivity contribution < 1.29 is 9.59 Å². The topological polar surface area (TPSA) is 70.2 Å². The van der Waals surface area contributed by atoms with E-state index in [2.05, 4.69) is 29.8 Å². The van der Waals surface area contributed by atoms with Crippen molar-refractivity contribution in [1.82, 2.24) is 0 Å². The lowest BCUT2D eigenvalue weighted by atomic mass is 10.0. The molecule has 1 fully saturated rings. The van der Waals surface area contributed by atoms with Crippen molar-refractivity contribution in [3.63, 3.8) is 0 Å². The van der Waals surface area contributed by atoms with Crippen molar-refractivity contribution in [2.24, 2.45) is 5.92 Å². The average Bonchev–Trinajstić information content (AvgIpc) is 3.49. The fraction of sp³-hybridized carbons (Fsp3) is 0.364. The molecule has 0 heterocycles.